The Morgan fingerprint density at radius 2 is 0.610 bits per heavy atom. The average molecular weight is 635 g/mol. The third-order valence-corrected chi connectivity index (χ3v) is 16.0. The van der Waals surface area contributed by atoms with E-state index in [4.69, 9.17) is 0 Å². The SMILES string of the molecule is CCCCCCCCC(CCCCCCCC)(P=O)P(=O)(O)C(CCCCCCCC)(CCCCCCCC)P=O. The molecule has 0 radical (unpaired) electrons. The number of rotatable bonds is 32. The van der Waals surface area contributed by atoms with Gasteiger partial charge in [0.1, 0.15) is 9.79 Å². The molecule has 1 N–H and O–H groups in total. The Hall–Kier alpha value is 0.390. The van der Waals surface area contributed by atoms with Crippen LogP contribution in [-0.2, 0) is 13.7 Å². The molecule has 0 heterocycles. The summed E-state index contributed by atoms with van der Waals surface area (Å²) >= 11 is 0. The van der Waals surface area contributed by atoms with Gasteiger partial charge in [-0.05, 0) is 25.7 Å². The minimum absolute atomic E-state index is 0.213. The average Bonchev–Trinajstić information content (AvgIpc) is 2.97. The Balaban J connectivity index is 5.93. The van der Waals surface area contributed by atoms with Gasteiger partial charge in [0.25, 0.3) is 0 Å². The number of hydrogen-bond acceptors (Lipinski definition) is 3. The van der Waals surface area contributed by atoms with Crippen LogP contribution < -0.4 is 0 Å². The van der Waals surface area contributed by atoms with Crippen LogP contribution in [0.4, 0.5) is 0 Å². The molecule has 0 aliphatic rings. The molecular weight excluding hydrogens is 565 g/mol. The summed E-state index contributed by atoms with van der Waals surface area (Å²) in [6.07, 6.45) is 28.1. The van der Waals surface area contributed by atoms with E-state index < -0.39 is 17.2 Å². The van der Waals surface area contributed by atoms with Gasteiger partial charge >= 0.3 is 0 Å². The van der Waals surface area contributed by atoms with Crippen LogP contribution in [0, 0.1) is 0 Å². The summed E-state index contributed by atoms with van der Waals surface area (Å²) < 4.78 is 41.2. The van der Waals surface area contributed by atoms with Gasteiger partial charge in [0.05, 0.1) is 0 Å². The zero-order chi connectivity index (χ0) is 30.7. The van der Waals surface area contributed by atoms with E-state index in [1.807, 2.05) is 0 Å². The van der Waals surface area contributed by atoms with E-state index in [1.165, 1.54) is 77.0 Å². The van der Waals surface area contributed by atoms with Crippen LogP contribution in [-0.4, -0.2) is 14.7 Å². The molecule has 0 fully saturated rings. The quantitative estimate of drug-likeness (QED) is 0.0590. The van der Waals surface area contributed by atoms with Gasteiger partial charge in [0, 0.05) is 0 Å². The second-order valence-electron chi connectivity index (χ2n) is 12.8. The van der Waals surface area contributed by atoms with Crippen molar-refractivity contribution >= 4 is 24.3 Å². The molecule has 0 bridgehead atoms. The summed E-state index contributed by atoms with van der Waals surface area (Å²) in [5, 5.41) is 0. The monoisotopic (exact) mass is 634 g/mol. The third kappa shape index (κ3) is 16.3. The Bertz CT molecular complexity index is 586. The van der Waals surface area contributed by atoms with Gasteiger partial charge in [-0.2, -0.15) is 0 Å². The lowest BCUT2D eigenvalue weighted by Crippen LogP contribution is -2.35. The molecule has 4 nitrogen and oxygen atoms in total. The van der Waals surface area contributed by atoms with E-state index in [-0.39, 0.29) is 16.9 Å². The van der Waals surface area contributed by atoms with Gasteiger partial charge in [0.15, 0.2) is 16.9 Å². The molecule has 0 aromatic carbocycles. The standard InChI is InChI=1S/C34H69O4P3/c1-5-9-13-17-21-25-29-33(39-35,30-26-22-18-14-10-6-2)41(37,38)34(40-36,31-27-23-19-15-11-7-3)32-28-24-20-16-12-8-4/h5-32H2,1-4H3,(H,37,38). The molecule has 0 saturated carbocycles. The molecule has 0 unspecified atom stereocenters. The lowest BCUT2D eigenvalue weighted by atomic mass is 10.0. The zero-order valence-corrected chi connectivity index (χ0v) is 30.5. The fraction of sp³-hybridized carbons (Fsp3) is 1.00. The van der Waals surface area contributed by atoms with Crippen LogP contribution in [0.25, 0.3) is 0 Å². The minimum Gasteiger partial charge on any atom is -0.342 e. The zero-order valence-electron chi connectivity index (χ0n) is 27.8. The first kappa shape index (κ1) is 41.4. The molecule has 0 aliphatic carbocycles. The molecule has 0 aromatic heterocycles. The van der Waals surface area contributed by atoms with Crippen molar-refractivity contribution in [3.05, 3.63) is 0 Å². The molecule has 0 spiro atoms. The number of hydrogen-bond donors (Lipinski definition) is 1. The normalized spacial score (nSPS) is 14.2. The minimum atomic E-state index is -4.07. The second-order valence-corrected chi connectivity index (χ2v) is 18.4. The lowest BCUT2D eigenvalue weighted by molar-refractivity contribution is 0.379. The topological polar surface area (TPSA) is 71.4 Å². The van der Waals surface area contributed by atoms with Crippen molar-refractivity contribution in [2.24, 2.45) is 0 Å². The van der Waals surface area contributed by atoms with Gasteiger partial charge in [-0.25, -0.2) is 0 Å². The van der Waals surface area contributed by atoms with E-state index in [0.717, 1.165) is 77.0 Å². The highest BCUT2D eigenvalue weighted by atomic mass is 31.2. The van der Waals surface area contributed by atoms with Crippen LogP contribution in [0.3, 0.4) is 0 Å². The van der Waals surface area contributed by atoms with Crippen molar-refractivity contribution in [2.75, 3.05) is 0 Å². The summed E-state index contributed by atoms with van der Waals surface area (Å²) in [6.45, 7) is 8.83. The maximum absolute atomic E-state index is 14.9. The molecule has 41 heavy (non-hydrogen) atoms. The van der Waals surface area contributed by atoms with Gasteiger partial charge in [-0.15, -0.1) is 0 Å². The highest BCUT2D eigenvalue weighted by molar-refractivity contribution is 7.75. The first-order valence-electron chi connectivity index (χ1n) is 17.9. The van der Waals surface area contributed by atoms with Gasteiger partial charge in [-0.1, -0.05) is 182 Å². The summed E-state index contributed by atoms with van der Waals surface area (Å²) in [5.41, 5.74) is 0. The summed E-state index contributed by atoms with van der Waals surface area (Å²) in [5.74, 6) is 0. The molecule has 0 aliphatic heterocycles. The summed E-state index contributed by atoms with van der Waals surface area (Å²) in [6, 6.07) is 0. The van der Waals surface area contributed by atoms with Crippen molar-refractivity contribution < 1.29 is 18.6 Å². The molecule has 0 aromatic rings. The Kier molecular flexibility index (Phi) is 27.0. The van der Waals surface area contributed by atoms with Crippen LogP contribution >= 0.6 is 24.3 Å². The van der Waals surface area contributed by atoms with Gasteiger partial charge in [-0.3, -0.25) is 13.7 Å². The molecule has 244 valence electrons. The van der Waals surface area contributed by atoms with E-state index in [0.29, 0.717) is 25.7 Å². The highest BCUT2D eigenvalue weighted by Crippen LogP contribution is 2.76. The fourth-order valence-corrected chi connectivity index (χ4v) is 12.2. The van der Waals surface area contributed by atoms with E-state index in [1.54, 1.807) is 0 Å². The van der Waals surface area contributed by atoms with E-state index >= 15 is 0 Å². The summed E-state index contributed by atoms with van der Waals surface area (Å²) in [4.78, 5) is 9.89. The summed E-state index contributed by atoms with van der Waals surface area (Å²) in [7, 11) is -4.50. The van der Waals surface area contributed by atoms with Crippen molar-refractivity contribution in [3.8, 4) is 0 Å². The predicted molar refractivity (Wildman–Crippen MR) is 182 cm³/mol. The van der Waals surface area contributed by atoms with E-state index in [9.17, 15) is 18.6 Å². The van der Waals surface area contributed by atoms with Gasteiger partial charge in [0.2, 0.25) is 7.37 Å². The second kappa shape index (κ2) is 26.8. The van der Waals surface area contributed by atoms with Gasteiger partial charge < -0.3 is 4.89 Å². The van der Waals surface area contributed by atoms with E-state index in [2.05, 4.69) is 27.7 Å². The van der Waals surface area contributed by atoms with Crippen molar-refractivity contribution in [1.29, 1.82) is 0 Å². The predicted octanol–water partition coefficient (Wildman–Crippen LogP) is 14.2. The fourth-order valence-electron chi connectivity index (χ4n) is 6.29. The maximum Gasteiger partial charge on any atom is 0.235 e. The Morgan fingerprint density at radius 3 is 0.805 bits per heavy atom. The maximum atomic E-state index is 14.9. The first-order valence-corrected chi connectivity index (χ1v) is 21.2. The van der Waals surface area contributed by atoms with Crippen LogP contribution in [0.2, 0.25) is 0 Å². The lowest BCUT2D eigenvalue weighted by Gasteiger charge is -2.42. The van der Waals surface area contributed by atoms with Crippen molar-refractivity contribution in [1.82, 2.24) is 0 Å². The van der Waals surface area contributed by atoms with Crippen LogP contribution in [0.5, 0.6) is 0 Å². The molecule has 0 amide bonds. The Morgan fingerprint density at radius 1 is 0.415 bits per heavy atom. The van der Waals surface area contributed by atoms with Crippen molar-refractivity contribution in [2.45, 2.75) is 217 Å². The number of unbranched alkanes of at least 4 members (excludes halogenated alkanes) is 20. The smallest absolute Gasteiger partial charge is 0.235 e. The molecule has 0 rings (SSSR count). The Labute approximate surface area is 259 Å². The third-order valence-electron chi connectivity index (χ3n) is 9.19. The first-order chi connectivity index (χ1) is 19.9. The van der Waals surface area contributed by atoms with Crippen LogP contribution in [0.1, 0.15) is 207 Å². The molecule has 7 heteroatoms. The highest BCUT2D eigenvalue weighted by Gasteiger charge is 2.60. The molecular formula is C34H69O4P3. The largest absolute Gasteiger partial charge is 0.342 e. The van der Waals surface area contributed by atoms with Crippen LogP contribution in [0.15, 0.2) is 0 Å². The molecule has 0 saturated heterocycles. The molecule has 0 atom stereocenters. The van der Waals surface area contributed by atoms with Crippen molar-refractivity contribution in [3.63, 3.8) is 0 Å².